The highest BCUT2D eigenvalue weighted by Gasteiger charge is 2.28. The van der Waals surface area contributed by atoms with Gasteiger partial charge in [0.15, 0.2) is 0 Å². The summed E-state index contributed by atoms with van der Waals surface area (Å²) in [7, 11) is 0. The van der Waals surface area contributed by atoms with E-state index in [0.717, 1.165) is 19.3 Å². The summed E-state index contributed by atoms with van der Waals surface area (Å²) in [5, 5.41) is 0. The molecule has 1 atom stereocenters. The molecule has 0 aliphatic heterocycles. The topological polar surface area (TPSA) is 0 Å². The lowest BCUT2D eigenvalue weighted by atomic mass is 9.89. The van der Waals surface area contributed by atoms with Crippen molar-refractivity contribution in [2.75, 3.05) is 0 Å². The Kier molecular flexibility index (Phi) is 6.21. The Morgan fingerprint density at radius 3 is 2.00 bits per heavy atom. The van der Waals surface area contributed by atoms with Crippen LogP contribution in [0.2, 0.25) is 0 Å². The second-order valence-electron chi connectivity index (χ2n) is 4.44. The molecule has 1 unspecified atom stereocenters. The molecule has 0 saturated carbocycles. The quantitative estimate of drug-likeness (QED) is 0.591. The van der Waals surface area contributed by atoms with E-state index in [1.807, 2.05) is 6.92 Å². The Morgan fingerprint density at radius 2 is 1.64 bits per heavy atom. The summed E-state index contributed by atoms with van der Waals surface area (Å²) >= 11 is 0. The molecule has 0 N–H and O–H groups in total. The maximum atomic E-state index is 12.0. The Morgan fingerprint density at radius 1 is 1.07 bits per heavy atom. The molecule has 0 aromatic carbocycles. The van der Waals surface area contributed by atoms with Gasteiger partial charge in [-0.05, 0) is 24.7 Å². The summed E-state index contributed by atoms with van der Waals surface area (Å²) in [6.07, 6.45) is -1.48. The van der Waals surface area contributed by atoms with Gasteiger partial charge in [-0.3, -0.25) is 0 Å². The third-order valence-electron chi connectivity index (χ3n) is 2.34. The van der Waals surface area contributed by atoms with Crippen LogP contribution < -0.4 is 0 Å². The monoisotopic (exact) mass is 210 g/mol. The maximum Gasteiger partial charge on any atom is 0.389 e. The van der Waals surface area contributed by atoms with Crippen molar-refractivity contribution in [1.29, 1.82) is 0 Å². The van der Waals surface area contributed by atoms with E-state index in [9.17, 15) is 13.2 Å². The summed E-state index contributed by atoms with van der Waals surface area (Å²) in [5.41, 5.74) is 0. The van der Waals surface area contributed by atoms with Crippen molar-refractivity contribution in [2.45, 2.75) is 59.1 Å². The zero-order chi connectivity index (χ0) is 11.2. The van der Waals surface area contributed by atoms with E-state index in [4.69, 9.17) is 0 Å². The molecule has 0 heterocycles. The van der Waals surface area contributed by atoms with Crippen LogP contribution in [0.5, 0.6) is 0 Å². The van der Waals surface area contributed by atoms with Crippen molar-refractivity contribution in [3.8, 4) is 0 Å². The molecule has 0 saturated heterocycles. The minimum atomic E-state index is -3.98. The summed E-state index contributed by atoms with van der Waals surface area (Å²) in [4.78, 5) is 0. The second kappa shape index (κ2) is 6.31. The van der Waals surface area contributed by atoms with E-state index >= 15 is 0 Å². The normalized spacial score (nSPS) is 14.8. The van der Waals surface area contributed by atoms with Crippen LogP contribution in [0.15, 0.2) is 0 Å². The van der Waals surface area contributed by atoms with Crippen molar-refractivity contribution in [3.05, 3.63) is 0 Å². The number of rotatable bonds is 6. The first-order valence-corrected chi connectivity index (χ1v) is 5.42. The summed E-state index contributed by atoms with van der Waals surface area (Å²) in [6, 6.07) is 0. The zero-order valence-electron chi connectivity index (χ0n) is 9.32. The van der Waals surface area contributed by atoms with Crippen LogP contribution in [-0.4, -0.2) is 6.18 Å². The van der Waals surface area contributed by atoms with Gasteiger partial charge in [-0.25, -0.2) is 0 Å². The third-order valence-corrected chi connectivity index (χ3v) is 2.34. The van der Waals surface area contributed by atoms with Crippen molar-refractivity contribution < 1.29 is 13.2 Å². The van der Waals surface area contributed by atoms with Crippen molar-refractivity contribution >= 4 is 0 Å². The largest absolute Gasteiger partial charge is 0.389 e. The molecule has 0 nitrogen and oxygen atoms in total. The lowest BCUT2D eigenvalue weighted by Crippen LogP contribution is -2.12. The predicted octanol–water partition coefficient (Wildman–Crippen LogP) is 4.79. The highest BCUT2D eigenvalue weighted by molar-refractivity contribution is 4.64. The Bertz CT molecular complexity index is 138. The molecule has 0 aromatic heterocycles. The molecular weight excluding hydrogens is 189 g/mol. The van der Waals surface area contributed by atoms with Crippen LogP contribution in [0.4, 0.5) is 13.2 Å². The van der Waals surface area contributed by atoms with Crippen LogP contribution in [0.25, 0.3) is 0 Å². The number of hydrogen-bond donors (Lipinski definition) is 0. The average molecular weight is 210 g/mol. The fraction of sp³-hybridized carbons (Fsp3) is 1.00. The Balaban J connectivity index is 3.84. The predicted molar refractivity (Wildman–Crippen MR) is 53.1 cm³/mol. The van der Waals surface area contributed by atoms with Crippen LogP contribution >= 0.6 is 0 Å². The number of hydrogen-bond acceptors (Lipinski definition) is 0. The minimum absolute atomic E-state index is 0.252. The highest BCUT2D eigenvalue weighted by Crippen LogP contribution is 2.29. The van der Waals surface area contributed by atoms with Crippen LogP contribution in [0.1, 0.15) is 52.9 Å². The lowest BCUT2D eigenvalue weighted by molar-refractivity contribution is -0.138. The van der Waals surface area contributed by atoms with Crippen LogP contribution in [0.3, 0.4) is 0 Å². The lowest BCUT2D eigenvalue weighted by Gasteiger charge is -2.18. The van der Waals surface area contributed by atoms with Crippen molar-refractivity contribution in [2.24, 2.45) is 11.8 Å². The van der Waals surface area contributed by atoms with E-state index < -0.39 is 12.6 Å². The van der Waals surface area contributed by atoms with E-state index in [0.29, 0.717) is 12.3 Å². The van der Waals surface area contributed by atoms with Crippen LogP contribution in [-0.2, 0) is 0 Å². The van der Waals surface area contributed by atoms with Gasteiger partial charge in [0, 0.05) is 6.42 Å². The molecule has 0 radical (unpaired) electrons. The molecule has 0 aliphatic rings. The van der Waals surface area contributed by atoms with Gasteiger partial charge in [-0.15, -0.1) is 0 Å². The Hall–Kier alpha value is -0.210. The molecule has 0 fully saturated rings. The zero-order valence-corrected chi connectivity index (χ0v) is 9.32. The molecule has 3 heteroatoms. The fourth-order valence-electron chi connectivity index (χ4n) is 1.82. The smallest absolute Gasteiger partial charge is 0.171 e. The molecule has 0 spiro atoms. The van der Waals surface area contributed by atoms with E-state index in [2.05, 4.69) is 13.8 Å². The third kappa shape index (κ3) is 8.39. The summed E-state index contributed by atoms with van der Waals surface area (Å²) in [6.45, 7) is 6.16. The van der Waals surface area contributed by atoms with Gasteiger partial charge in [-0.1, -0.05) is 33.6 Å². The standard InChI is InChI=1S/C11H21F3/c1-4-5-10(8-9(2)3)6-7-11(12,13)14/h9-10H,4-8H2,1-3H3. The Labute approximate surface area is 84.9 Å². The first-order chi connectivity index (χ1) is 6.35. The highest BCUT2D eigenvalue weighted by atomic mass is 19.4. The van der Waals surface area contributed by atoms with Gasteiger partial charge in [0.2, 0.25) is 0 Å². The van der Waals surface area contributed by atoms with Crippen LogP contribution in [0, 0.1) is 11.8 Å². The fourth-order valence-corrected chi connectivity index (χ4v) is 1.82. The van der Waals surface area contributed by atoms with Gasteiger partial charge in [0.25, 0.3) is 0 Å². The molecule has 0 aromatic rings. The maximum absolute atomic E-state index is 12.0. The van der Waals surface area contributed by atoms with Crippen molar-refractivity contribution in [1.82, 2.24) is 0 Å². The summed E-state index contributed by atoms with van der Waals surface area (Å²) in [5.74, 6) is 0.751. The van der Waals surface area contributed by atoms with E-state index in [1.54, 1.807) is 0 Å². The molecule has 86 valence electrons. The van der Waals surface area contributed by atoms with Gasteiger partial charge in [0.05, 0.1) is 0 Å². The van der Waals surface area contributed by atoms with Gasteiger partial charge in [-0.2, -0.15) is 13.2 Å². The molecule has 0 aliphatic carbocycles. The average Bonchev–Trinajstić information content (AvgIpc) is 1.98. The minimum Gasteiger partial charge on any atom is -0.171 e. The number of halogens is 3. The summed E-state index contributed by atoms with van der Waals surface area (Å²) < 4.78 is 36.0. The molecule has 0 rings (SSSR count). The van der Waals surface area contributed by atoms with Gasteiger partial charge in [0.1, 0.15) is 0 Å². The molecule has 14 heavy (non-hydrogen) atoms. The second-order valence-corrected chi connectivity index (χ2v) is 4.44. The molecule has 0 bridgehead atoms. The van der Waals surface area contributed by atoms with Gasteiger partial charge < -0.3 is 0 Å². The number of alkyl halides is 3. The van der Waals surface area contributed by atoms with E-state index in [-0.39, 0.29) is 5.92 Å². The van der Waals surface area contributed by atoms with Gasteiger partial charge >= 0.3 is 6.18 Å². The SMILES string of the molecule is CCCC(CCC(F)(F)F)CC(C)C. The first-order valence-electron chi connectivity index (χ1n) is 5.42. The van der Waals surface area contributed by atoms with E-state index in [1.165, 1.54) is 0 Å². The van der Waals surface area contributed by atoms with Crippen molar-refractivity contribution in [3.63, 3.8) is 0 Å². The molecular formula is C11H21F3. The first kappa shape index (κ1) is 13.8. The molecule has 0 amide bonds.